The van der Waals surface area contributed by atoms with Crippen molar-refractivity contribution < 1.29 is 18.3 Å². The van der Waals surface area contributed by atoms with E-state index in [2.05, 4.69) is 21.0 Å². The average Bonchev–Trinajstić information content (AvgIpc) is 3.71. The van der Waals surface area contributed by atoms with E-state index in [4.69, 9.17) is 32.9 Å². The molecule has 1 fully saturated rings. The van der Waals surface area contributed by atoms with Crippen molar-refractivity contribution in [2.45, 2.75) is 44.8 Å². The molecule has 10 nitrogen and oxygen atoms in total. The monoisotopic (exact) mass is 709 g/mol. The van der Waals surface area contributed by atoms with Gasteiger partial charge in [0.15, 0.2) is 0 Å². The minimum atomic E-state index is -2.41. The van der Waals surface area contributed by atoms with Crippen LogP contribution in [0.25, 0.3) is 39.0 Å². The zero-order valence-corrected chi connectivity index (χ0v) is 28.4. The van der Waals surface area contributed by atoms with Crippen LogP contribution in [0.15, 0.2) is 65.6 Å². The summed E-state index contributed by atoms with van der Waals surface area (Å²) in [5.41, 5.74) is 5.02. The van der Waals surface area contributed by atoms with E-state index in [1.54, 1.807) is 26.4 Å². The van der Waals surface area contributed by atoms with Crippen molar-refractivity contribution in [1.82, 2.24) is 35.1 Å². The van der Waals surface area contributed by atoms with Gasteiger partial charge in [0.1, 0.15) is 11.3 Å². The normalized spacial score (nSPS) is 14.6. The van der Waals surface area contributed by atoms with E-state index in [0.29, 0.717) is 80.3 Å². The molecule has 4 heterocycles. The van der Waals surface area contributed by atoms with E-state index >= 15 is 0 Å². The summed E-state index contributed by atoms with van der Waals surface area (Å²) in [4.78, 5) is 29.4. The van der Waals surface area contributed by atoms with Gasteiger partial charge in [-0.1, -0.05) is 65.7 Å². The van der Waals surface area contributed by atoms with Gasteiger partial charge in [-0.15, -0.1) is 0 Å². The van der Waals surface area contributed by atoms with Crippen LogP contribution in [0, 0.1) is 0 Å². The number of rotatable bonds is 13. The standard InChI is InChI=1S/C35H35Cl2F2N7O3/c1-45-30(18-40-14-13-29(38)39)44-46-19-21(15-28(46)35(45)48)23-5-3-6-24(32(23)36)25-7-4-8-26(33(25)37)27-11-9-20(34(43-27)49-2)16-41-17-22-10-12-31(47)42-22/h3-9,11,15,19,22,29,40-41H,10,12-14,16-18H2,1-2H3,(H,42,47)/t22-/m0/s1. The summed E-state index contributed by atoms with van der Waals surface area (Å²) < 4.78 is 33.6. The molecular formula is C35H35Cl2F2N7O3. The van der Waals surface area contributed by atoms with Crippen molar-refractivity contribution in [1.29, 1.82) is 0 Å². The summed E-state index contributed by atoms with van der Waals surface area (Å²) in [6.07, 6.45) is 0.396. The first-order valence-electron chi connectivity index (χ1n) is 15.8. The van der Waals surface area contributed by atoms with Crippen molar-refractivity contribution in [3.63, 3.8) is 0 Å². The van der Waals surface area contributed by atoms with Crippen molar-refractivity contribution in [2.75, 3.05) is 20.2 Å². The maximum atomic E-state index is 13.2. The Bertz CT molecular complexity index is 2070. The second kappa shape index (κ2) is 15.0. The lowest BCUT2D eigenvalue weighted by Gasteiger charge is -2.15. The summed E-state index contributed by atoms with van der Waals surface area (Å²) in [5, 5.41) is 14.7. The Morgan fingerprint density at radius 2 is 1.71 bits per heavy atom. The molecule has 1 saturated heterocycles. The number of halogens is 4. The molecule has 256 valence electrons. The number of nitrogens with one attached hydrogen (secondary N) is 3. The van der Waals surface area contributed by atoms with Gasteiger partial charge in [-0.25, -0.2) is 18.3 Å². The van der Waals surface area contributed by atoms with E-state index in [-0.39, 0.29) is 37.0 Å². The van der Waals surface area contributed by atoms with Gasteiger partial charge in [0.05, 0.1) is 29.4 Å². The van der Waals surface area contributed by atoms with Crippen molar-refractivity contribution >= 4 is 34.6 Å². The van der Waals surface area contributed by atoms with E-state index in [0.717, 1.165) is 12.0 Å². The van der Waals surface area contributed by atoms with Crippen molar-refractivity contribution in [2.24, 2.45) is 7.05 Å². The Morgan fingerprint density at radius 3 is 2.41 bits per heavy atom. The molecule has 0 aliphatic carbocycles. The molecule has 14 heteroatoms. The summed E-state index contributed by atoms with van der Waals surface area (Å²) in [7, 11) is 3.17. The number of carbonyl (C=O) groups excluding carboxylic acids is 1. The first kappa shape index (κ1) is 34.5. The first-order valence-corrected chi connectivity index (χ1v) is 16.6. The molecule has 5 aromatic rings. The molecule has 0 spiro atoms. The number of alkyl halides is 2. The Hall–Kier alpha value is -4.36. The molecule has 1 aliphatic rings. The van der Waals surface area contributed by atoms with E-state index in [9.17, 15) is 18.4 Å². The highest BCUT2D eigenvalue weighted by molar-refractivity contribution is 6.39. The fourth-order valence-electron chi connectivity index (χ4n) is 5.93. The predicted octanol–water partition coefficient (Wildman–Crippen LogP) is 5.86. The Balaban J connectivity index is 1.26. The lowest BCUT2D eigenvalue weighted by atomic mass is 9.97. The molecule has 0 bridgehead atoms. The molecule has 0 radical (unpaired) electrons. The quantitative estimate of drug-likeness (QED) is 0.131. The third-order valence-corrected chi connectivity index (χ3v) is 9.37. The molecule has 49 heavy (non-hydrogen) atoms. The fourth-order valence-corrected chi connectivity index (χ4v) is 6.59. The van der Waals surface area contributed by atoms with Gasteiger partial charge in [0, 0.05) is 85.1 Å². The van der Waals surface area contributed by atoms with Gasteiger partial charge in [-0.2, -0.15) is 5.10 Å². The maximum absolute atomic E-state index is 13.2. The van der Waals surface area contributed by atoms with Crippen LogP contribution >= 0.6 is 23.2 Å². The number of methoxy groups -OCH3 is 1. The fraction of sp³-hybridized carbons (Fsp3) is 0.314. The van der Waals surface area contributed by atoms with Crippen LogP contribution in [-0.4, -0.2) is 57.7 Å². The van der Waals surface area contributed by atoms with Gasteiger partial charge in [-0.05, 0) is 18.6 Å². The number of nitrogens with zero attached hydrogens (tertiary/aromatic N) is 4. The third kappa shape index (κ3) is 7.47. The smallest absolute Gasteiger partial charge is 0.277 e. The van der Waals surface area contributed by atoms with Crippen LogP contribution in [0.1, 0.15) is 30.7 Å². The largest absolute Gasteiger partial charge is 0.481 e. The molecule has 3 aromatic heterocycles. The van der Waals surface area contributed by atoms with Gasteiger partial charge < -0.3 is 20.7 Å². The van der Waals surface area contributed by atoms with Crippen LogP contribution in [0.4, 0.5) is 8.78 Å². The van der Waals surface area contributed by atoms with E-state index in [1.807, 2.05) is 48.5 Å². The highest BCUT2D eigenvalue weighted by Gasteiger charge is 2.21. The minimum absolute atomic E-state index is 0.0808. The van der Waals surface area contributed by atoms with Crippen LogP contribution in [-0.2, 0) is 24.9 Å². The zero-order valence-electron chi connectivity index (χ0n) is 26.9. The number of pyridine rings is 1. The number of fused-ring (bicyclic) bond motifs is 1. The molecule has 0 saturated carbocycles. The Morgan fingerprint density at radius 1 is 1.00 bits per heavy atom. The summed E-state index contributed by atoms with van der Waals surface area (Å²) in [5.74, 6) is 0.956. The highest BCUT2D eigenvalue weighted by atomic mass is 35.5. The third-order valence-electron chi connectivity index (χ3n) is 8.56. The molecule has 6 rings (SSSR count). The molecule has 0 unspecified atom stereocenters. The summed E-state index contributed by atoms with van der Waals surface area (Å²) in [6, 6.07) is 16.9. The minimum Gasteiger partial charge on any atom is -0.481 e. The number of aromatic nitrogens is 4. The lowest BCUT2D eigenvalue weighted by Crippen LogP contribution is -2.35. The number of carbonyl (C=O) groups is 1. The predicted molar refractivity (Wildman–Crippen MR) is 186 cm³/mol. The number of hydrogen-bond donors (Lipinski definition) is 3. The summed E-state index contributed by atoms with van der Waals surface area (Å²) in [6.45, 7) is 1.44. The number of hydrogen-bond acceptors (Lipinski definition) is 7. The molecule has 3 N–H and O–H groups in total. The van der Waals surface area contributed by atoms with Gasteiger partial charge in [-0.3, -0.25) is 14.2 Å². The highest BCUT2D eigenvalue weighted by Crippen LogP contribution is 2.42. The summed E-state index contributed by atoms with van der Waals surface area (Å²) >= 11 is 14.1. The van der Waals surface area contributed by atoms with Gasteiger partial charge in [0.2, 0.25) is 18.2 Å². The SMILES string of the molecule is COc1nc(-c2cccc(-c3cccc(-c4cc5c(=O)n(C)c(CNCCC(F)F)nn5c4)c3Cl)c2Cl)ccc1CNC[C@@H]1CCC(=O)N1. The second-order valence-corrected chi connectivity index (χ2v) is 12.6. The van der Waals surface area contributed by atoms with Crippen molar-refractivity contribution in [3.8, 4) is 39.4 Å². The van der Waals surface area contributed by atoms with E-state index in [1.165, 1.54) is 9.08 Å². The number of amides is 1. The lowest BCUT2D eigenvalue weighted by molar-refractivity contribution is -0.119. The number of benzene rings is 2. The van der Waals surface area contributed by atoms with Crippen LogP contribution in [0.3, 0.4) is 0 Å². The molecule has 1 atom stereocenters. The second-order valence-electron chi connectivity index (χ2n) is 11.8. The first-order chi connectivity index (χ1) is 23.6. The van der Waals surface area contributed by atoms with Crippen LogP contribution in [0.2, 0.25) is 10.0 Å². The topological polar surface area (TPSA) is 115 Å². The van der Waals surface area contributed by atoms with Crippen molar-refractivity contribution in [3.05, 3.63) is 92.6 Å². The maximum Gasteiger partial charge on any atom is 0.277 e. The van der Waals surface area contributed by atoms with Crippen LogP contribution < -0.4 is 26.2 Å². The van der Waals surface area contributed by atoms with Crippen LogP contribution in [0.5, 0.6) is 5.88 Å². The zero-order chi connectivity index (χ0) is 34.7. The van der Waals surface area contributed by atoms with Gasteiger partial charge >= 0.3 is 0 Å². The van der Waals surface area contributed by atoms with Gasteiger partial charge in [0.25, 0.3) is 5.56 Å². The molecule has 2 aromatic carbocycles. The molecule has 1 amide bonds. The average molecular weight is 711 g/mol. The molecule has 1 aliphatic heterocycles. The molecular weight excluding hydrogens is 675 g/mol. The Labute approximate surface area is 291 Å². The number of ether oxygens (including phenoxy) is 1. The van der Waals surface area contributed by atoms with E-state index < -0.39 is 6.43 Å². The Kier molecular flexibility index (Phi) is 10.6.